The van der Waals surface area contributed by atoms with Crippen LogP contribution in [0.3, 0.4) is 0 Å². The highest BCUT2D eigenvalue weighted by Gasteiger charge is 2.18. The van der Waals surface area contributed by atoms with Gasteiger partial charge in [0.1, 0.15) is 10.6 Å². The number of pyridine rings is 1. The number of thiophene rings is 1. The average molecular weight is 393 g/mol. The summed E-state index contributed by atoms with van der Waals surface area (Å²) in [6.45, 7) is 3.08. The van der Waals surface area contributed by atoms with E-state index in [0.29, 0.717) is 15.6 Å². The number of phenolic OH excluding ortho intramolecular Hbond substituents is 1. The van der Waals surface area contributed by atoms with Crippen LogP contribution in [0.25, 0.3) is 21.0 Å². The number of H-pyrrole nitrogens is 1. The lowest BCUT2D eigenvalue weighted by Gasteiger charge is -2.28. The fourth-order valence-corrected chi connectivity index (χ4v) is 4.77. The molecular formula is C17H17BrN2O2S. The van der Waals surface area contributed by atoms with E-state index in [2.05, 4.69) is 31.9 Å². The second-order valence-electron chi connectivity index (χ2n) is 6.06. The number of nitrogens with one attached hydrogen (secondary N) is 1. The Morgan fingerprint density at radius 1 is 1.30 bits per heavy atom. The molecule has 0 spiro atoms. The number of fused-ring (bicyclic) bond motifs is 3. The van der Waals surface area contributed by atoms with Gasteiger partial charge in [-0.25, -0.2) is 0 Å². The number of halogens is 1. The highest BCUT2D eigenvalue weighted by Crippen LogP contribution is 2.34. The molecule has 1 aliphatic rings. The molecule has 2 aromatic heterocycles. The van der Waals surface area contributed by atoms with Gasteiger partial charge in [-0.05, 0) is 44.1 Å². The van der Waals surface area contributed by atoms with E-state index in [1.807, 2.05) is 0 Å². The van der Waals surface area contributed by atoms with Crippen molar-refractivity contribution >= 4 is 48.3 Å². The number of aromatic nitrogens is 1. The minimum atomic E-state index is -0.142. The number of benzene rings is 1. The van der Waals surface area contributed by atoms with Crippen LogP contribution in [0, 0.1) is 0 Å². The normalized spacial score (nSPS) is 17.3. The summed E-state index contributed by atoms with van der Waals surface area (Å²) < 4.78 is 0. The van der Waals surface area contributed by atoms with Gasteiger partial charge in [0.15, 0.2) is 0 Å². The number of phenols is 1. The van der Waals surface area contributed by atoms with Crippen LogP contribution < -0.4 is 5.56 Å². The van der Waals surface area contributed by atoms with E-state index in [4.69, 9.17) is 0 Å². The molecule has 4 rings (SSSR count). The third-order valence-corrected chi connectivity index (χ3v) is 6.41. The van der Waals surface area contributed by atoms with Crippen LogP contribution in [0.1, 0.15) is 17.7 Å². The van der Waals surface area contributed by atoms with E-state index in [1.54, 1.807) is 29.5 Å². The van der Waals surface area contributed by atoms with Crippen LogP contribution in [0.2, 0.25) is 0 Å². The van der Waals surface area contributed by atoms with E-state index in [0.717, 1.165) is 29.9 Å². The molecule has 0 unspecified atom stereocenters. The van der Waals surface area contributed by atoms with E-state index < -0.39 is 0 Å². The van der Waals surface area contributed by atoms with Crippen molar-refractivity contribution in [3.8, 4) is 5.75 Å². The average Bonchev–Trinajstić information content (AvgIpc) is 2.92. The van der Waals surface area contributed by atoms with Crippen molar-refractivity contribution < 1.29 is 5.11 Å². The van der Waals surface area contributed by atoms with Gasteiger partial charge in [-0.15, -0.1) is 11.3 Å². The number of hydrogen-bond donors (Lipinski definition) is 2. The molecule has 1 fully saturated rings. The second-order valence-corrected chi connectivity index (χ2v) is 8.49. The molecule has 0 atom stereocenters. The number of likely N-dealkylation sites (tertiary alicyclic amines) is 1. The summed E-state index contributed by atoms with van der Waals surface area (Å²) in [6.07, 6.45) is 2.34. The van der Waals surface area contributed by atoms with Gasteiger partial charge in [0.05, 0.1) is 5.39 Å². The number of alkyl halides is 1. The summed E-state index contributed by atoms with van der Waals surface area (Å²) >= 11 is 5.29. The minimum Gasteiger partial charge on any atom is -0.507 e. The van der Waals surface area contributed by atoms with Crippen LogP contribution in [0.5, 0.6) is 5.75 Å². The van der Waals surface area contributed by atoms with Crippen LogP contribution in [-0.4, -0.2) is 32.9 Å². The molecule has 0 saturated carbocycles. The molecule has 0 aliphatic carbocycles. The van der Waals surface area contributed by atoms with Crippen LogP contribution >= 0.6 is 27.3 Å². The van der Waals surface area contributed by atoms with E-state index in [9.17, 15) is 9.90 Å². The second kappa shape index (κ2) is 5.92. The molecule has 4 nitrogen and oxygen atoms in total. The first-order chi connectivity index (χ1) is 11.1. The Bertz CT molecular complexity index is 925. The summed E-state index contributed by atoms with van der Waals surface area (Å²) in [4.78, 5) is 20.3. The molecule has 0 bridgehead atoms. The van der Waals surface area contributed by atoms with Gasteiger partial charge in [0, 0.05) is 27.0 Å². The van der Waals surface area contributed by atoms with Crippen molar-refractivity contribution in [3.63, 3.8) is 0 Å². The highest BCUT2D eigenvalue weighted by atomic mass is 79.9. The Hall–Kier alpha value is -1.37. The van der Waals surface area contributed by atoms with Crippen LogP contribution in [0.4, 0.5) is 0 Å². The topological polar surface area (TPSA) is 56.3 Å². The number of rotatable bonds is 2. The first kappa shape index (κ1) is 15.2. The Labute approximate surface area is 145 Å². The fourth-order valence-electron chi connectivity index (χ4n) is 3.26. The lowest BCUT2D eigenvalue weighted by molar-refractivity contribution is 0.228. The molecule has 0 amide bonds. The minimum absolute atomic E-state index is 0.142. The summed E-state index contributed by atoms with van der Waals surface area (Å²) in [6, 6.07) is 7.21. The van der Waals surface area contributed by atoms with Gasteiger partial charge in [-0.1, -0.05) is 22.0 Å². The zero-order chi connectivity index (χ0) is 16.0. The number of aromatic hydroxyl groups is 1. The lowest BCUT2D eigenvalue weighted by atomic mass is 10.1. The Kier molecular flexibility index (Phi) is 3.91. The molecule has 2 N–H and O–H groups in total. The third-order valence-electron chi connectivity index (χ3n) is 4.46. The quantitative estimate of drug-likeness (QED) is 0.651. The van der Waals surface area contributed by atoms with Crippen molar-refractivity contribution in [3.05, 3.63) is 39.5 Å². The maximum atomic E-state index is 12.2. The number of hydrogen-bond acceptors (Lipinski definition) is 4. The molecule has 0 radical (unpaired) electrons. The summed E-state index contributed by atoms with van der Waals surface area (Å²) in [5, 5.41) is 12.3. The fraction of sp³-hybridized carbons (Fsp3) is 0.353. The van der Waals surface area contributed by atoms with E-state index in [1.165, 1.54) is 17.7 Å². The van der Waals surface area contributed by atoms with Gasteiger partial charge in [0.25, 0.3) is 5.56 Å². The molecule has 3 heterocycles. The van der Waals surface area contributed by atoms with Crippen LogP contribution in [-0.2, 0) is 6.54 Å². The zero-order valence-corrected chi connectivity index (χ0v) is 14.9. The summed E-state index contributed by atoms with van der Waals surface area (Å²) in [7, 11) is 0. The van der Waals surface area contributed by atoms with Gasteiger partial charge in [0.2, 0.25) is 0 Å². The maximum absolute atomic E-state index is 12.2. The number of piperidine rings is 1. The zero-order valence-electron chi connectivity index (χ0n) is 12.5. The van der Waals surface area contributed by atoms with Gasteiger partial charge in [-0.3, -0.25) is 9.69 Å². The standard InChI is InChI=1S/C17H17BrN2O2S/c18-10-4-6-20(7-5-10)9-11-8-13-15-12(2-1-3-14(15)21)16(22)19-17(13)23-11/h1-3,8,10,21H,4-7,9H2,(H,19,22). The number of aromatic amines is 1. The molecule has 120 valence electrons. The van der Waals surface area contributed by atoms with E-state index >= 15 is 0 Å². The molecule has 23 heavy (non-hydrogen) atoms. The van der Waals surface area contributed by atoms with Crippen molar-refractivity contribution in [1.29, 1.82) is 0 Å². The highest BCUT2D eigenvalue weighted by molar-refractivity contribution is 9.09. The predicted molar refractivity (Wildman–Crippen MR) is 98.8 cm³/mol. The van der Waals surface area contributed by atoms with Crippen LogP contribution in [0.15, 0.2) is 29.1 Å². The Balaban J connectivity index is 1.76. The molecule has 3 aromatic rings. The molecule has 6 heteroatoms. The van der Waals surface area contributed by atoms with Crippen molar-refractivity contribution in [1.82, 2.24) is 9.88 Å². The Morgan fingerprint density at radius 3 is 2.87 bits per heavy atom. The smallest absolute Gasteiger partial charge is 0.257 e. The molecule has 1 aliphatic heterocycles. The molecule has 1 saturated heterocycles. The number of nitrogens with zero attached hydrogens (tertiary/aromatic N) is 1. The molecular weight excluding hydrogens is 376 g/mol. The van der Waals surface area contributed by atoms with E-state index in [-0.39, 0.29) is 11.3 Å². The van der Waals surface area contributed by atoms with Gasteiger partial charge < -0.3 is 10.1 Å². The monoisotopic (exact) mass is 392 g/mol. The van der Waals surface area contributed by atoms with Gasteiger partial charge >= 0.3 is 0 Å². The first-order valence-corrected chi connectivity index (χ1v) is 9.48. The predicted octanol–water partition coefficient (Wildman–Crippen LogP) is 3.81. The molecule has 1 aromatic carbocycles. The first-order valence-electron chi connectivity index (χ1n) is 7.74. The van der Waals surface area contributed by atoms with Crippen molar-refractivity contribution in [2.75, 3.05) is 13.1 Å². The van der Waals surface area contributed by atoms with Crippen molar-refractivity contribution in [2.24, 2.45) is 0 Å². The Morgan fingerprint density at radius 2 is 2.09 bits per heavy atom. The van der Waals surface area contributed by atoms with Gasteiger partial charge in [-0.2, -0.15) is 0 Å². The largest absolute Gasteiger partial charge is 0.507 e. The summed E-state index contributed by atoms with van der Waals surface area (Å²) in [5.41, 5.74) is -0.142. The SMILES string of the molecule is O=c1[nH]c2sc(CN3CCC(Br)CC3)cc2c2c(O)cccc12. The third kappa shape index (κ3) is 2.79. The van der Waals surface area contributed by atoms with Crippen molar-refractivity contribution in [2.45, 2.75) is 24.2 Å². The lowest BCUT2D eigenvalue weighted by Crippen LogP contribution is -2.33. The summed E-state index contributed by atoms with van der Waals surface area (Å²) in [5.74, 6) is 0.169. The maximum Gasteiger partial charge on any atom is 0.257 e.